The predicted molar refractivity (Wildman–Crippen MR) is 88.3 cm³/mol. The van der Waals surface area contributed by atoms with E-state index in [2.05, 4.69) is 20.3 Å². The molecule has 0 aromatic carbocycles. The molecule has 0 saturated heterocycles. The summed E-state index contributed by atoms with van der Waals surface area (Å²) in [6.45, 7) is 4.63. The summed E-state index contributed by atoms with van der Waals surface area (Å²) in [5.74, 6) is -1.48. The lowest BCUT2D eigenvalue weighted by Gasteiger charge is -2.20. The van der Waals surface area contributed by atoms with Gasteiger partial charge in [-0.3, -0.25) is 4.98 Å². The number of amides is 1. The van der Waals surface area contributed by atoms with Crippen molar-refractivity contribution in [1.29, 1.82) is 0 Å². The highest BCUT2D eigenvalue weighted by atomic mass is 19.4. The lowest BCUT2D eigenvalue weighted by atomic mass is 10.0. The minimum absolute atomic E-state index is 0.0266. The van der Waals surface area contributed by atoms with E-state index in [1.165, 1.54) is 0 Å². The number of carbonyl (C=O) groups is 1. The summed E-state index contributed by atoms with van der Waals surface area (Å²) in [6, 6.07) is 0.992. The van der Waals surface area contributed by atoms with E-state index in [0.29, 0.717) is 18.6 Å². The lowest BCUT2D eigenvalue weighted by Crippen LogP contribution is -2.32. The van der Waals surface area contributed by atoms with Crippen LogP contribution in [0.15, 0.2) is 24.7 Å². The van der Waals surface area contributed by atoms with E-state index >= 15 is 0 Å². The molecule has 158 valence electrons. The van der Waals surface area contributed by atoms with Crippen molar-refractivity contribution in [2.24, 2.45) is 0 Å². The molecule has 0 radical (unpaired) electrons. The van der Waals surface area contributed by atoms with Gasteiger partial charge < -0.3 is 10.1 Å². The van der Waals surface area contributed by atoms with E-state index in [1.807, 2.05) is 0 Å². The number of alkyl carbamates (subject to hydrolysis) is 1. The summed E-state index contributed by atoms with van der Waals surface area (Å²) < 4.78 is 82.6. The zero-order valence-corrected chi connectivity index (χ0v) is 15.4. The van der Waals surface area contributed by atoms with E-state index in [9.17, 15) is 31.1 Å². The van der Waals surface area contributed by atoms with E-state index in [0.717, 1.165) is 6.07 Å². The van der Waals surface area contributed by atoms with Gasteiger partial charge in [0, 0.05) is 29.7 Å². The smallest absolute Gasteiger partial charge is 0.444 e. The first-order valence-electron chi connectivity index (χ1n) is 8.09. The Kier molecular flexibility index (Phi) is 6.04. The summed E-state index contributed by atoms with van der Waals surface area (Å²) in [7, 11) is 0. The number of rotatable bonds is 3. The minimum atomic E-state index is -4.83. The van der Waals surface area contributed by atoms with Crippen LogP contribution in [0.5, 0.6) is 0 Å². The Hall–Kier alpha value is -2.92. The fraction of sp³-hybridized carbons (Fsp3) is 0.412. The van der Waals surface area contributed by atoms with Crippen LogP contribution in [0.25, 0.3) is 11.1 Å². The molecule has 1 amide bonds. The van der Waals surface area contributed by atoms with Crippen molar-refractivity contribution in [2.45, 2.75) is 45.3 Å². The highest BCUT2D eigenvalue weighted by molar-refractivity contribution is 5.69. The molecule has 0 atom stereocenters. The Labute approximate surface area is 161 Å². The number of hydrogen-bond acceptors (Lipinski definition) is 5. The third-order valence-electron chi connectivity index (χ3n) is 3.30. The largest absolute Gasteiger partial charge is 0.451 e. The maximum absolute atomic E-state index is 13.3. The average molecular weight is 422 g/mol. The molecule has 2 aromatic heterocycles. The van der Waals surface area contributed by atoms with Crippen molar-refractivity contribution < 1.29 is 35.9 Å². The molecule has 29 heavy (non-hydrogen) atoms. The summed E-state index contributed by atoms with van der Waals surface area (Å²) in [4.78, 5) is 21.5. The first kappa shape index (κ1) is 22.4. The first-order chi connectivity index (χ1) is 13.2. The zero-order valence-electron chi connectivity index (χ0n) is 15.4. The van der Waals surface area contributed by atoms with Crippen LogP contribution < -0.4 is 5.32 Å². The fourth-order valence-corrected chi connectivity index (χ4v) is 2.15. The average Bonchev–Trinajstić information content (AvgIpc) is 2.57. The van der Waals surface area contributed by atoms with Crippen molar-refractivity contribution in [3.8, 4) is 11.1 Å². The fourth-order valence-electron chi connectivity index (χ4n) is 2.15. The van der Waals surface area contributed by atoms with Crippen molar-refractivity contribution >= 4 is 6.09 Å². The second kappa shape index (κ2) is 7.84. The van der Waals surface area contributed by atoms with Gasteiger partial charge in [-0.05, 0) is 26.8 Å². The van der Waals surface area contributed by atoms with Crippen LogP contribution in [0.4, 0.5) is 31.1 Å². The number of ether oxygens (including phenoxy) is 1. The maximum atomic E-state index is 13.3. The normalized spacial score (nSPS) is 12.6. The number of pyridine rings is 1. The molecular weight excluding hydrogens is 406 g/mol. The van der Waals surface area contributed by atoms with Gasteiger partial charge in [-0.1, -0.05) is 0 Å². The molecule has 2 rings (SSSR count). The van der Waals surface area contributed by atoms with Gasteiger partial charge in [0.15, 0.2) is 0 Å². The van der Waals surface area contributed by atoms with E-state index < -0.39 is 41.0 Å². The molecule has 2 heterocycles. The van der Waals surface area contributed by atoms with Gasteiger partial charge in [0.05, 0.1) is 17.8 Å². The topological polar surface area (TPSA) is 77.0 Å². The predicted octanol–water partition coefficient (Wildman–Crippen LogP) is 4.60. The molecule has 0 spiro atoms. The van der Waals surface area contributed by atoms with Crippen molar-refractivity contribution in [1.82, 2.24) is 20.3 Å². The Morgan fingerprint density at radius 1 is 0.966 bits per heavy atom. The van der Waals surface area contributed by atoms with Crippen molar-refractivity contribution in [2.75, 3.05) is 0 Å². The van der Waals surface area contributed by atoms with Crippen molar-refractivity contribution in [3.05, 3.63) is 41.7 Å². The maximum Gasteiger partial charge on any atom is 0.451 e. The van der Waals surface area contributed by atoms with E-state index in [1.54, 1.807) is 20.8 Å². The quantitative estimate of drug-likeness (QED) is 0.732. The Morgan fingerprint density at radius 2 is 1.55 bits per heavy atom. The second-order valence-corrected chi connectivity index (χ2v) is 6.87. The minimum Gasteiger partial charge on any atom is -0.444 e. The van der Waals surface area contributed by atoms with Crippen molar-refractivity contribution in [3.63, 3.8) is 0 Å². The van der Waals surface area contributed by atoms with Gasteiger partial charge in [-0.15, -0.1) is 0 Å². The van der Waals surface area contributed by atoms with Gasteiger partial charge in [-0.25, -0.2) is 14.8 Å². The van der Waals surface area contributed by atoms with Gasteiger partial charge >= 0.3 is 18.4 Å². The highest BCUT2D eigenvalue weighted by Crippen LogP contribution is 2.37. The number of halogens is 6. The van der Waals surface area contributed by atoms with Crippen LogP contribution in [0, 0.1) is 0 Å². The zero-order chi connectivity index (χ0) is 22.0. The van der Waals surface area contributed by atoms with E-state index in [-0.39, 0.29) is 17.8 Å². The number of alkyl halides is 6. The molecule has 0 saturated carbocycles. The summed E-state index contributed by atoms with van der Waals surface area (Å²) in [5, 5.41) is 2.34. The summed E-state index contributed by atoms with van der Waals surface area (Å²) in [5.41, 5.74) is -2.69. The molecule has 0 aliphatic carbocycles. The molecule has 0 unspecified atom stereocenters. The van der Waals surface area contributed by atoms with Crippen LogP contribution >= 0.6 is 0 Å². The number of nitrogens with one attached hydrogen (secondary N) is 1. The van der Waals surface area contributed by atoms with Crippen LogP contribution in [0.1, 0.15) is 37.9 Å². The van der Waals surface area contributed by atoms with Crippen LogP contribution in [-0.2, 0) is 23.6 Å². The summed E-state index contributed by atoms with van der Waals surface area (Å²) >= 11 is 0. The molecule has 1 N–H and O–H groups in total. The standard InChI is InChI=1S/C17H16F6N4O2/c1-15(2,3)29-14(28)27-7-10-4-11(12(8-24-10)16(18,19)20)9-5-25-13(26-6-9)17(21,22)23/h4-6,8H,7H2,1-3H3,(H,27,28). The number of aromatic nitrogens is 3. The first-order valence-corrected chi connectivity index (χ1v) is 8.09. The Bertz CT molecular complexity index is 873. The Balaban J connectivity index is 2.34. The SMILES string of the molecule is CC(C)(C)OC(=O)NCc1cc(-c2cnc(C(F)(F)F)nc2)c(C(F)(F)F)cn1. The lowest BCUT2D eigenvalue weighted by molar-refractivity contribution is -0.145. The molecular formula is C17H16F6N4O2. The number of carbonyl (C=O) groups excluding carboxylic acids is 1. The number of nitrogens with zero attached hydrogens (tertiary/aromatic N) is 3. The van der Waals surface area contributed by atoms with E-state index in [4.69, 9.17) is 4.74 Å². The molecule has 0 aliphatic heterocycles. The molecule has 6 nitrogen and oxygen atoms in total. The molecule has 0 fully saturated rings. The highest BCUT2D eigenvalue weighted by Gasteiger charge is 2.36. The molecule has 2 aromatic rings. The third-order valence-corrected chi connectivity index (χ3v) is 3.30. The number of hydrogen-bond donors (Lipinski definition) is 1. The molecule has 12 heteroatoms. The summed E-state index contributed by atoms with van der Waals surface area (Å²) in [6.07, 6.45) is -8.64. The van der Waals surface area contributed by atoms with Gasteiger partial charge in [-0.2, -0.15) is 26.3 Å². The van der Waals surface area contributed by atoms with Crippen LogP contribution in [0.3, 0.4) is 0 Å². The van der Waals surface area contributed by atoms with Gasteiger partial charge in [0.2, 0.25) is 5.82 Å². The third kappa shape index (κ3) is 6.29. The monoisotopic (exact) mass is 422 g/mol. The molecule has 0 bridgehead atoms. The second-order valence-electron chi connectivity index (χ2n) is 6.87. The molecule has 0 aliphatic rings. The Morgan fingerprint density at radius 3 is 2.03 bits per heavy atom. The van der Waals surface area contributed by atoms with Crippen LogP contribution in [-0.4, -0.2) is 26.6 Å². The van der Waals surface area contributed by atoms with Gasteiger partial charge in [0.1, 0.15) is 5.60 Å². The van der Waals surface area contributed by atoms with Gasteiger partial charge in [0.25, 0.3) is 0 Å². The van der Waals surface area contributed by atoms with Crippen LogP contribution in [0.2, 0.25) is 0 Å².